The number of methoxy groups -OCH3 is 2. The van der Waals surface area contributed by atoms with Gasteiger partial charge in [-0.15, -0.1) is 0 Å². The first-order chi connectivity index (χ1) is 22.3. The predicted octanol–water partition coefficient (Wildman–Crippen LogP) is 6.92. The van der Waals surface area contributed by atoms with Crippen molar-refractivity contribution in [3.05, 3.63) is 59.5 Å². The molecule has 0 saturated carbocycles. The molecular formula is C32H34F3N5O8. The van der Waals surface area contributed by atoms with Crippen LogP contribution in [0.3, 0.4) is 0 Å². The van der Waals surface area contributed by atoms with Crippen LogP contribution < -0.4 is 25.0 Å². The number of hydrogen-bond acceptors (Lipinski definition) is 11. The molecule has 0 aliphatic heterocycles. The van der Waals surface area contributed by atoms with Crippen LogP contribution >= 0.6 is 0 Å². The maximum Gasteiger partial charge on any atom is 0.420 e. The number of halogens is 3. The zero-order chi connectivity index (χ0) is 35.9. The van der Waals surface area contributed by atoms with E-state index in [1.807, 2.05) is 0 Å². The summed E-state index contributed by atoms with van der Waals surface area (Å²) < 4.78 is 72.9. The molecule has 256 valence electrons. The molecule has 2 amide bonds. The Labute approximate surface area is 273 Å². The van der Waals surface area contributed by atoms with E-state index in [1.54, 1.807) is 41.5 Å². The number of ketones is 1. The maximum atomic E-state index is 15.5. The number of pyridine rings is 2. The lowest BCUT2D eigenvalue weighted by Gasteiger charge is -2.28. The number of aromatic nitrogens is 2. The van der Waals surface area contributed by atoms with E-state index < -0.39 is 75.1 Å². The van der Waals surface area contributed by atoms with Crippen LogP contribution in [0.2, 0.25) is 0 Å². The van der Waals surface area contributed by atoms with Gasteiger partial charge in [-0.2, -0.15) is 0 Å². The number of furan rings is 1. The molecule has 13 nitrogen and oxygen atoms in total. The maximum absolute atomic E-state index is 15.5. The largest absolute Gasteiger partial charge is 0.494 e. The van der Waals surface area contributed by atoms with E-state index in [1.165, 1.54) is 13.1 Å². The van der Waals surface area contributed by atoms with Gasteiger partial charge in [-0.25, -0.2) is 32.6 Å². The fourth-order valence-electron chi connectivity index (χ4n) is 4.49. The number of fused-ring (bicyclic) bond motifs is 1. The first-order valence-corrected chi connectivity index (χ1v) is 14.3. The van der Waals surface area contributed by atoms with Gasteiger partial charge in [-0.1, -0.05) is 0 Å². The molecule has 0 saturated heterocycles. The van der Waals surface area contributed by atoms with Crippen molar-refractivity contribution >= 4 is 51.8 Å². The van der Waals surface area contributed by atoms with Gasteiger partial charge >= 0.3 is 12.2 Å². The smallest absolute Gasteiger partial charge is 0.420 e. The van der Waals surface area contributed by atoms with Gasteiger partial charge in [0.2, 0.25) is 5.78 Å². The second-order valence-electron chi connectivity index (χ2n) is 12.3. The van der Waals surface area contributed by atoms with Gasteiger partial charge in [-0.3, -0.25) is 14.7 Å². The number of ether oxygens (including phenoxy) is 4. The minimum Gasteiger partial charge on any atom is -0.494 e. The summed E-state index contributed by atoms with van der Waals surface area (Å²) in [5.41, 5.74) is 1.64. The second-order valence-corrected chi connectivity index (χ2v) is 12.3. The third-order valence-electron chi connectivity index (χ3n) is 6.47. The first kappa shape index (κ1) is 35.3. The number of carbonyl (C=O) groups is 3. The van der Waals surface area contributed by atoms with Gasteiger partial charge < -0.3 is 29.1 Å². The molecule has 1 aromatic carbocycles. The van der Waals surface area contributed by atoms with Crippen LogP contribution in [0.1, 0.15) is 57.7 Å². The minimum absolute atomic E-state index is 0.0750. The van der Waals surface area contributed by atoms with Crippen molar-refractivity contribution in [3.63, 3.8) is 0 Å². The molecule has 16 heteroatoms. The molecule has 0 spiro atoms. The number of nitrogen functional groups attached to an aromatic ring is 1. The Balaban J connectivity index is 2.05. The van der Waals surface area contributed by atoms with Gasteiger partial charge in [0.05, 0.1) is 43.9 Å². The fourth-order valence-corrected chi connectivity index (χ4v) is 4.49. The van der Waals surface area contributed by atoms with Crippen LogP contribution in [0.4, 0.5) is 45.6 Å². The number of amides is 2. The van der Waals surface area contributed by atoms with Crippen LogP contribution in [0.25, 0.3) is 11.0 Å². The van der Waals surface area contributed by atoms with E-state index in [9.17, 15) is 14.4 Å². The molecule has 0 bridgehead atoms. The van der Waals surface area contributed by atoms with Crippen molar-refractivity contribution in [3.8, 4) is 11.5 Å². The van der Waals surface area contributed by atoms with Gasteiger partial charge in [0, 0.05) is 13.1 Å². The summed E-state index contributed by atoms with van der Waals surface area (Å²) in [7, 11) is 3.43. The lowest BCUT2D eigenvalue weighted by molar-refractivity contribution is 0.0581. The van der Waals surface area contributed by atoms with Crippen molar-refractivity contribution in [1.29, 1.82) is 0 Å². The Bertz CT molecular complexity index is 1870. The van der Waals surface area contributed by atoms with Gasteiger partial charge in [-0.05, 0) is 47.6 Å². The van der Waals surface area contributed by atoms with Crippen LogP contribution in [0.5, 0.6) is 11.5 Å². The number of rotatable bonds is 7. The number of nitrogens with two attached hydrogens (primary N) is 1. The van der Waals surface area contributed by atoms with E-state index in [2.05, 4.69) is 9.97 Å². The Morgan fingerprint density at radius 2 is 1.40 bits per heavy atom. The average Bonchev–Trinajstić information content (AvgIpc) is 3.35. The number of anilines is 4. The molecule has 3 heterocycles. The highest BCUT2D eigenvalue weighted by atomic mass is 19.1. The van der Waals surface area contributed by atoms with Crippen molar-refractivity contribution in [2.24, 2.45) is 0 Å². The molecule has 3 aromatic heterocycles. The van der Waals surface area contributed by atoms with E-state index in [0.29, 0.717) is 0 Å². The SMILES string of the molecule is COc1cc(OC)c(F)c(C(=O)c2oc3cnc(N(C(=O)OC(C)(C)C)c4c(N)cncc4F)cc3c2N(C)C(=O)OC(C)(C)C)c1F. The summed E-state index contributed by atoms with van der Waals surface area (Å²) in [6, 6.07) is 2.09. The number of nitrogens with zero attached hydrogens (tertiary/aromatic N) is 4. The predicted molar refractivity (Wildman–Crippen MR) is 169 cm³/mol. The van der Waals surface area contributed by atoms with E-state index in [-0.39, 0.29) is 28.2 Å². The molecule has 0 atom stereocenters. The van der Waals surface area contributed by atoms with Crippen molar-refractivity contribution in [1.82, 2.24) is 9.97 Å². The van der Waals surface area contributed by atoms with Crippen LogP contribution in [-0.4, -0.2) is 60.4 Å². The molecule has 48 heavy (non-hydrogen) atoms. The Morgan fingerprint density at radius 3 is 1.92 bits per heavy atom. The monoisotopic (exact) mass is 673 g/mol. The van der Waals surface area contributed by atoms with Gasteiger partial charge in [0.25, 0.3) is 0 Å². The van der Waals surface area contributed by atoms with Crippen molar-refractivity contribution < 1.29 is 50.9 Å². The Morgan fingerprint density at radius 1 is 0.833 bits per heavy atom. The Hall–Kier alpha value is -5.54. The van der Waals surface area contributed by atoms with Crippen LogP contribution in [-0.2, 0) is 9.47 Å². The summed E-state index contributed by atoms with van der Waals surface area (Å²) in [6.45, 7) is 9.54. The normalized spacial score (nSPS) is 11.7. The standard InChI is InChI=1S/C32H34F3N5O8/c1-31(2,3)47-29(42)39(7)25-15-10-21(40(30(43)48-32(4,5)6)26-16(33)12-37-13-17(26)36)38-14-20(15)46-28(25)27(41)22-23(34)18(44-8)11-19(45-9)24(22)35/h10-14H,36H2,1-9H3. The quantitative estimate of drug-likeness (QED) is 0.203. The summed E-state index contributed by atoms with van der Waals surface area (Å²) in [5, 5.41) is -0.0750. The molecule has 0 unspecified atom stereocenters. The third kappa shape index (κ3) is 6.91. The third-order valence-corrected chi connectivity index (χ3v) is 6.47. The summed E-state index contributed by atoms with van der Waals surface area (Å²) >= 11 is 0. The lowest BCUT2D eigenvalue weighted by Crippen LogP contribution is -2.35. The lowest BCUT2D eigenvalue weighted by atomic mass is 10.0. The van der Waals surface area contributed by atoms with Crippen LogP contribution in [0.15, 0.2) is 35.1 Å². The average molecular weight is 674 g/mol. The summed E-state index contributed by atoms with van der Waals surface area (Å²) in [5.74, 6) is -7.13. The van der Waals surface area contributed by atoms with Gasteiger partial charge in [0.15, 0.2) is 40.3 Å². The Kier molecular flexibility index (Phi) is 9.51. The van der Waals surface area contributed by atoms with Crippen molar-refractivity contribution in [2.75, 3.05) is 36.8 Å². The molecule has 0 aliphatic rings. The number of benzene rings is 1. The first-order valence-electron chi connectivity index (χ1n) is 14.3. The zero-order valence-electron chi connectivity index (χ0n) is 27.7. The molecule has 0 aliphatic carbocycles. The topological polar surface area (TPSA) is 160 Å². The van der Waals surface area contributed by atoms with Crippen LogP contribution in [0, 0.1) is 17.5 Å². The minimum atomic E-state index is -1.37. The van der Waals surface area contributed by atoms with E-state index >= 15 is 13.2 Å². The summed E-state index contributed by atoms with van der Waals surface area (Å²) in [4.78, 5) is 50.4. The summed E-state index contributed by atoms with van der Waals surface area (Å²) in [6.07, 6.45) is 0.898. The highest BCUT2D eigenvalue weighted by Gasteiger charge is 2.36. The highest BCUT2D eigenvalue weighted by molar-refractivity contribution is 6.18. The van der Waals surface area contributed by atoms with Crippen molar-refractivity contribution in [2.45, 2.75) is 52.7 Å². The molecular weight excluding hydrogens is 639 g/mol. The van der Waals surface area contributed by atoms with E-state index in [0.717, 1.165) is 48.7 Å². The number of carbonyl (C=O) groups excluding carboxylic acids is 3. The molecule has 2 N–H and O–H groups in total. The molecule has 0 fully saturated rings. The second kappa shape index (κ2) is 12.9. The van der Waals surface area contributed by atoms with Gasteiger partial charge in [0.1, 0.15) is 34.0 Å². The highest BCUT2D eigenvalue weighted by Crippen LogP contribution is 2.41. The fraction of sp³-hybridized carbons (Fsp3) is 0.344. The van der Waals surface area contributed by atoms with E-state index in [4.69, 9.17) is 29.1 Å². The zero-order valence-corrected chi connectivity index (χ0v) is 27.7. The number of hydrogen-bond donors (Lipinski definition) is 1. The molecule has 0 radical (unpaired) electrons. The molecule has 4 rings (SSSR count). The molecule has 4 aromatic rings.